The van der Waals surface area contributed by atoms with Gasteiger partial charge in [-0.1, -0.05) is 6.20 Å². The smallest absolute Gasteiger partial charge is 0.0407 e. The molecule has 0 fully saturated rings. The van der Waals surface area contributed by atoms with E-state index in [2.05, 4.69) is 16.4 Å². The van der Waals surface area contributed by atoms with Crippen LogP contribution in [0.4, 0.5) is 0 Å². The third kappa shape index (κ3) is 2.16. The molecule has 0 unspecified atom stereocenters. The molecule has 0 aliphatic rings. The Hall–Kier alpha value is 0.272. The third-order valence-corrected chi connectivity index (χ3v) is 1.51. The van der Waals surface area contributed by atoms with Gasteiger partial charge in [0, 0.05) is 30.4 Å². The minimum atomic E-state index is 0. The van der Waals surface area contributed by atoms with Crippen LogP contribution in [-0.2, 0) is 20.4 Å². The van der Waals surface area contributed by atoms with E-state index in [9.17, 15) is 4.79 Å². The van der Waals surface area contributed by atoms with Crippen molar-refractivity contribution in [2.24, 2.45) is 0 Å². The van der Waals surface area contributed by atoms with Crippen molar-refractivity contribution in [2.75, 3.05) is 0 Å². The molecular formula is C4H2IN2ORe-. The molecule has 1 N–H and O–H groups in total. The number of aromatic amines is 1. The van der Waals surface area contributed by atoms with E-state index in [0.29, 0.717) is 15.6 Å². The van der Waals surface area contributed by atoms with Crippen LogP contribution >= 0.6 is 22.6 Å². The molecule has 0 aliphatic heterocycles. The molecule has 0 aromatic carbocycles. The minimum absolute atomic E-state index is 0. The quantitative estimate of drug-likeness (QED) is 0.422. The molecule has 0 saturated carbocycles. The van der Waals surface area contributed by atoms with Crippen LogP contribution in [0.1, 0.15) is 10.4 Å². The summed E-state index contributed by atoms with van der Waals surface area (Å²) < 4.78 is 0.664. The summed E-state index contributed by atoms with van der Waals surface area (Å²) in [6, 6.07) is 0. The summed E-state index contributed by atoms with van der Waals surface area (Å²) in [6.07, 6.45) is 3.26. The average Bonchev–Trinajstić information content (AvgIpc) is 2.14. The van der Waals surface area contributed by atoms with Gasteiger partial charge in [0.2, 0.25) is 0 Å². The van der Waals surface area contributed by atoms with Gasteiger partial charge in [-0.2, -0.15) is 0 Å². The van der Waals surface area contributed by atoms with Gasteiger partial charge in [-0.05, 0) is 0 Å². The van der Waals surface area contributed by atoms with Crippen molar-refractivity contribution in [3.8, 4) is 0 Å². The van der Waals surface area contributed by atoms with E-state index in [1.54, 1.807) is 0 Å². The molecule has 1 heterocycles. The van der Waals surface area contributed by atoms with Gasteiger partial charge < -0.3 is 9.89 Å². The Morgan fingerprint density at radius 2 is 2.44 bits per heavy atom. The molecule has 3 nitrogen and oxygen atoms in total. The van der Waals surface area contributed by atoms with Gasteiger partial charge in [0.15, 0.2) is 0 Å². The van der Waals surface area contributed by atoms with Crippen LogP contribution in [-0.4, -0.2) is 16.5 Å². The maximum absolute atomic E-state index is 9.99. The molecule has 49 valence electrons. The number of aromatic nitrogens is 2. The van der Waals surface area contributed by atoms with Crippen LogP contribution in [0, 0.1) is 9.90 Å². The molecule has 0 bridgehead atoms. The second-order valence-corrected chi connectivity index (χ2v) is 2.19. The molecule has 0 amide bonds. The molecular weight excluding hydrogens is 405 g/mol. The number of hydrogen-bond donors (Lipinski definition) is 1. The number of nitrogens with one attached hydrogen (secondary N) is 1. The number of H-pyrrole nitrogens is 1. The Labute approximate surface area is 79.4 Å². The van der Waals surface area contributed by atoms with E-state index in [1.807, 2.05) is 22.6 Å². The summed E-state index contributed by atoms with van der Waals surface area (Å²) in [6.45, 7) is 0. The Kier molecular flexibility index (Phi) is 4.27. The predicted octanol–water partition coefficient (Wildman–Crippen LogP) is 0.624. The molecule has 0 aliphatic carbocycles. The van der Waals surface area contributed by atoms with E-state index < -0.39 is 0 Å². The fraction of sp³-hybridized carbons (Fsp3) is 0. The largest absolute Gasteiger partial charge is 0.374 e. The predicted molar refractivity (Wildman–Crippen MR) is 35.5 cm³/mol. The molecule has 0 saturated heterocycles. The van der Waals surface area contributed by atoms with Crippen molar-refractivity contribution in [2.45, 2.75) is 0 Å². The molecule has 9 heavy (non-hydrogen) atoms. The number of nitrogens with zero attached hydrogens (tertiary/aromatic N) is 1. The number of hydrogen-bond acceptors (Lipinski definition) is 2. The van der Waals surface area contributed by atoms with Crippen molar-refractivity contribution in [3.63, 3.8) is 0 Å². The molecule has 1 aromatic heterocycles. The maximum atomic E-state index is 9.99. The fourth-order valence-corrected chi connectivity index (χ4v) is 0.710. The first-order valence-corrected chi connectivity index (χ1v) is 2.99. The molecule has 5 heteroatoms. The first kappa shape index (κ1) is 9.27. The van der Waals surface area contributed by atoms with Crippen molar-refractivity contribution in [3.05, 3.63) is 15.5 Å². The van der Waals surface area contributed by atoms with Crippen LogP contribution in [0.15, 0.2) is 0 Å². The monoisotopic (exact) mass is 408 g/mol. The van der Waals surface area contributed by atoms with Gasteiger partial charge in [-0.15, -0.1) is 28.2 Å². The van der Waals surface area contributed by atoms with Crippen LogP contribution in [0.5, 0.6) is 0 Å². The third-order valence-electron chi connectivity index (χ3n) is 0.685. The van der Waals surface area contributed by atoms with Crippen LogP contribution < -0.4 is 0 Å². The molecule has 1 radical (unpaired) electrons. The molecule has 0 spiro atoms. The zero-order chi connectivity index (χ0) is 5.98. The van der Waals surface area contributed by atoms with Crippen molar-refractivity contribution in [1.82, 2.24) is 10.2 Å². The first-order valence-electron chi connectivity index (χ1n) is 1.91. The summed E-state index contributed by atoms with van der Waals surface area (Å²) in [5.41, 5.74) is 0.491. The van der Waals surface area contributed by atoms with E-state index >= 15 is 0 Å². The van der Waals surface area contributed by atoms with E-state index in [1.165, 1.54) is 0 Å². The second kappa shape index (κ2) is 4.15. The zero-order valence-corrected chi connectivity index (χ0v) is 9.06. The Balaban J connectivity index is 0.000000640. The fourth-order valence-electron chi connectivity index (χ4n) is 0.327. The topological polar surface area (TPSA) is 45.8 Å². The average molecular weight is 407 g/mol. The first-order chi connectivity index (χ1) is 3.84. The SMILES string of the molecule is O=Cc1[c-][nH]nc1I.[Re]. The summed E-state index contributed by atoms with van der Waals surface area (Å²) in [5.74, 6) is 0. The normalized spacial score (nSPS) is 8.11. The Morgan fingerprint density at radius 3 is 2.67 bits per heavy atom. The molecule has 1 aromatic rings. The van der Waals surface area contributed by atoms with E-state index in [0.717, 1.165) is 0 Å². The molecule has 0 atom stereocenters. The Bertz CT molecular complexity index is 200. The summed E-state index contributed by atoms with van der Waals surface area (Å²) in [5, 5.41) is 6.10. The van der Waals surface area contributed by atoms with Crippen molar-refractivity contribution in [1.29, 1.82) is 0 Å². The van der Waals surface area contributed by atoms with E-state index in [-0.39, 0.29) is 20.4 Å². The molecule has 1 rings (SSSR count). The number of halogens is 1. The van der Waals surface area contributed by atoms with Crippen LogP contribution in [0.25, 0.3) is 0 Å². The number of carbonyl (C=O) groups is 1. The zero-order valence-electron chi connectivity index (χ0n) is 4.19. The number of carbonyl (C=O) groups excluding carboxylic acids is 1. The number of rotatable bonds is 1. The van der Waals surface area contributed by atoms with Crippen molar-refractivity contribution < 1.29 is 25.2 Å². The van der Waals surface area contributed by atoms with Crippen LogP contribution in [0.2, 0.25) is 0 Å². The van der Waals surface area contributed by atoms with Gasteiger partial charge in [-0.25, -0.2) is 5.10 Å². The maximum Gasteiger partial charge on any atom is 0.0407 e. The summed E-state index contributed by atoms with van der Waals surface area (Å²) >= 11 is 1.95. The van der Waals surface area contributed by atoms with Gasteiger partial charge in [-0.3, -0.25) is 0 Å². The van der Waals surface area contributed by atoms with Gasteiger partial charge in [0.25, 0.3) is 0 Å². The van der Waals surface area contributed by atoms with Gasteiger partial charge in [0.05, 0.1) is 0 Å². The van der Waals surface area contributed by atoms with Crippen LogP contribution in [0.3, 0.4) is 0 Å². The minimum Gasteiger partial charge on any atom is -0.374 e. The van der Waals surface area contributed by atoms with Gasteiger partial charge in [0.1, 0.15) is 0 Å². The van der Waals surface area contributed by atoms with Crippen molar-refractivity contribution >= 4 is 28.9 Å². The second-order valence-electron chi connectivity index (χ2n) is 1.17. The van der Waals surface area contributed by atoms with Gasteiger partial charge >= 0.3 is 0 Å². The standard InChI is InChI=1S/C4H2IN2O.Re/c5-4-3(2-8)1-6-7-4;/h2H,(H,6,7);/q-1;. The van der Waals surface area contributed by atoms with E-state index in [4.69, 9.17) is 0 Å². The number of aldehydes is 1. The Morgan fingerprint density at radius 1 is 1.78 bits per heavy atom. The summed E-state index contributed by atoms with van der Waals surface area (Å²) in [7, 11) is 0. The summed E-state index contributed by atoms with van der Waals surface area (Å²) in [4.78, 5) is 9.99.